The van der Waals surface area contributed by atoms with Crippen LogP contribution in [0.5, 0.6) is 0 Å². The monoisotopic (exact) mass is 577 g/mol. The second-order valence-electron chi connectivity index (χ2n) is 12.1. The predicted octanol–water partition coefficient (Wildman–Crippen LogP) is 7.22. The minimum atomic E-state index is -0.931. The van der Waals surface area contributed by atoms with E-state index in [1.165, 1.54) is 6.42 Å². The van der Waals surface area contributed by atoms with Gasteiger partial charge < -0.3 is 20.3 Å². The lowest BCUT2D eigenvalue weighted by Gasteiger charge is -2.35. The van der Waals surface area contributed by atoms with Crippen molar-refractivity contribution in [2.45, 2.75) is 110 Å². The molecule has 2 atom stereocenters. The number of amides is 3. The maximum Gasteiger partial charge on any atom is 0.408 e. The van der Waals surface area contributed by atoms with Crippen molar-refractivity contribution in [3.63, 3.8) is 0 Å². The highest BCUT2D eigenvalue weighted by molar-refractivity contribution is 5.92. The van der Waals surface area contributed by atoms with Crippen molar-refractivity contribution in [2.75, 3.05) is 6.54 Å². The van der Waals surface area contributed by atoms with Crippen molar-refractivity contribution in [2.24, 2.45) is 0 Å². The lowest BCUT2D eigenvalue weighted by Crippen LogP contribution is -2.54. The van der Waals surface area contributed by atoms with Gasteiger partial charge in [-0.15, -0.1) is 0 Å². The first kappa shape index (κ1) is 34.6. The van der Waals surface area contributed by atoms with E-state index in [0.29, 0.717) is 12.1 Å². The van der Waals surface area contributed by atoms with Gasteiger partial charge in [-0.1, -0.05) is 100 Å². The SMILES string of the molecule is C=Cc1cccc(C(C(=O)NC(C)C)N(CCCCCCCC)C(=O)C(Cc2ccccc2)NC(=O)OC(C)(C)C)c1. The molecule has 2 unspecified atom stereocenters. The standard InChI is InChI=1S/C35H51N3O4/c1-8-10-11-12-13-17-23-38(31(32(39)36-26(3)4)29-22-18-21-27(9-2)24-29)33(40)30(25-28-19-15-14-16-20-28)37-34(41)42-35(5,6)7/h9,14-16,18-22,24,26,30-31H,2,8,10-13,17,23,25H2,1,3-7H3,(H,36,39)(H,37,41). The molecule has 0 heterocycles. The van der Waals surface area contributed by atoms with Crippen LogP contribution in [0.25, 0.3) is 6.08 Å². The Balaban J connectivity index is 2.54. The number of nitrogens with one attached hydrogen (secondary N) is 2. The Hall–Kier alpha value is -3.61. The third kappa shape index (κ3) is 12.1. The zero-order valence-corrected chi connectivity index (χ0v) is 26.4. The number of carbonyl (C=O) groups is 3. The molecule has 42 heavy (non-hydrogen) atoms. The Morgan fingerprint density at radius 2 is 1.60 bits per heavy atom. The van der Waals surface area contributed by atoms with E-state index in [4.69, 9.17) is 4.74 Å². The third-order valence-electron chi connectivity index (χ3n) is 6.76. The molecule has 2 rings (SSSR count). The van der Waals surface area contributed by atoms with Gasteiger partial charge >= 0.3 is 6.09 Å². The molecule has 0 saturated heterocycles. The third-order valence-corrected chi connectivity index (χ3v) is 6.76. The van der Waals surface area contributed by atoms with Gasteiger partial charge in [0.15, 0.2) is 0 Å². The zero-order chi connectivity index (χ0) is 31.1. The van der Waals surface area contributed by atoms with Crippen molar-refractivity contribution >= 4 is 24.0 Å². The summed E-state index contributed by atoms with van der Waals surface area (Å²) in [7, 11) is 0. The predicted molar refractivity (Wildman–Crippen MR) is 171 cm³/mol. The second kappa shape index (κ2) is 17.4. The first-order valence-corrected chi connectivity index (χ1v) is 15.3. The number of alkyl carbamates (subject to hydrolysis) is 1. The first-order chi connectivity index (χ1) is 19.9. The van der Waals surface area contributed by atoms with Crippen LogP contribution in [0.4, 0.5) is 4.79 Å². The maximum absolute atomic E-state index is 14.5. The Bertz CT molecular complexity index is 1140. The number of carbonyl (C=O) groups excluding carboxylic acids is 3. The van der Waals surface area contributed by atoms with Crippen molar-refractivity contribution in [1.29, 1.82) is 0 Å². The number of benzene rings is 2. The topological polar surface area (TPSA) is 87.7 Å². The average molecular weight is 578 g/mol. The Morgan fingerprint density at radius 3 is 2.21 bits per heavy atom. The van der Waals surface area contributed by atoms with Gasteiger partial charge in [0.05, 0.1) is 0 Å². The van der Waals surface area contributed by atoms with E-state index in [9.17, 15) is 14.4 Å². The molecule has 2 aromatic rings. The highest BCUT2D eigenvalue weighted by atomic mass is 16.6. The molecule has 3 amide bonds. The second-order valence-corrected chi connectivity index (χ2v) is 12.1. The van der Waals surface area contributed by atoms with Crippen LogP contribution in [0.2, 0.25) is 0 Å². The van der Waals surface area contributed by atoms with Crippen LogP contribution in [0.3, 0.4) is 0 Å². The fraction of sp³-hybridized carbons (Fsp3) is 0.514. The van der Waals surface area contributed by atoms with E-state index in [-0.39, 0.29) is 24.3 Å². The summed E-state index contributed by atoms with van der Waals surface area (Å²) in [5.74, 6) is -0.590. The van der Waals surface area contributed by atoms with Crippen LogP contribution >= 0.6 is 0 Å². The van der Waals surface area contributed by atoms with Crippen LogP contribution in [0.15, 0.2) is 61.2 Å². The number of unbranched alkanes of at least 4 members (excludes halogenated alkanes) is 5. The van der Waals surface area contributed by atoms with Crippen molar-refractivity contribution < 1.29 is 19.1 Å². The van der Waals surface area contributed by atoms with Gasteiger partial charge in [-0.2, -0.15) is 0 Å². The summed E-state index contributed by atoms with van der Waals surface area (Å²) >= 11 is 0. The smallest absolute Gasteiger partial charge is 0.408 e. The molecule has 0 spiro atoms. The molecule has 7 heteroatoms. The van der Waals surface area contributed by atoms with Gasteiger partial charge in [0.1, 0.15) is 17.7 Å². The molecule has 0 bridgehead atoms. The van der Waals surface area contributed by atoms with Gasteiger partial charge in [0.2, 0.25) is 11.8 Å². The van der Waals surface area contributed by atoms with Crippen LogP contribution < -0.4 is 10.6 Å². The number of ether oxygens (including phenoxy) is 1. The number of hydrogen-bond acceptors (Lipinski definition) is 4. The average Bonchev–Trinajstić information content (AvgIpc) is 2.92. The van der Waals surface area contributed by atoms with Gasteiger partial charge in [-0.3, -0.25) is 9.59 Å². The van der Waals surface area contributed by atoms with E-state index in [0.717, 1.165) is 43.2 Å². The fourth-order valence-corrected chi connectivity index (χ4v) is 4.82. The van der Waals surface area contributed by atoms with E-state index in [2.05, 4.69) is 24.1 Å². The minimum absolute atomic E-state index is 0.117. The van der Waals surface area contributed by atoms with Gasteiger partial charge in [0.25, 0.3) is 0 Å². The molecule has 0 saturated carbocycles. The molecule has 0 aliphatic carbocycles. The number of hydrogen-bond donors (Lipinski definition) is 2. The molecule has 2 aromatic carbocycles. The summed E-state index contributed by atoms with van der Waals surface area (Å²) in [6.45, 7) is 15.6. The molecule has 0 aliphatic heterocycles. The minimum Gasteiger partial charge on any atom is -0.444 e. The molecular weight excluding hydrogens is 526 g/mol. The summed E-state index contributed by atoms with van der Waals surface area (Å²) < 4.78 is 5.54. The molecule has 0 aliphatic rings. The zero-order valence-electron chi connectivity index (χ0n) is 26.4. The van der Waals surface area contributed by atoms with Gasteiger partial charge in [-0.05, 0) is 63.8 Å². The van der Waals surface area contributed by atoms with E-state index in [1.54, 1.807) is 31.7 Å². The van der Waals surface area contributed by atoms with Crippen molar-refractivity contribution in [3.05, 3.63) is 77.9 Å². The van der Waals surface area contributed by atoms with Crippen molar-refractivity contribution in [1.82, 2.24) is 15.5 Å². The van der Waals surface area contributed by atoms with E-state index < -0.39 is 23.8 Å². The van der Waals surface area contributed by atoms with Crippen molar-refractivity contribution in [3.8, 4) is 0 Å². The summed E-state index contributed by atoms with van der Waals surface area (Å²) in [6, 6.07) is 15.2. The lowest BCUT2D eigenvalue weighted by atomic mass is 9.98. The summed E-state index contributed by atoms with van der Waals surface area (Å²) in [6.07, 6.45) is 7.53. The molecular formula is C35H51N3O4. The van der Waals surface area contributed by atoms with Crippen LogP contribution in [-0.4, -0.2) is 47.0 Å². The van der Waals surface area contributed by atoms with E-state index in [1.807, 2.05) is 68.4 Å². The summed E-state index contributed by atoms with van der Waals surface area (Å²) in [5, 5.41) is 5.85. The highest BCUT2D eigenvalue weighted by Gasteiger charge is 2.36. The maximum atomic E-state index is 14.5. The Kier molecular flexibility index (Phi) is 14.3. The quantitative estimate of drug-likeness (QED) is 0.206. The Morgan fingerprint density at radius 1 is 0.929 bits per heavy atom. The lowest BCUT2D eigenvalue weighted by molar-refractivity contribution is -0.142. The van der Waals surface area contributed by atoms with Gasteiger partial charge in [-0.25, -0.2) is 4.79 Å². The molecule has 0 radical (unpaired) electrons. The molecule has 230 valence electrons. The Labute approximate surface area is 253 Å². The number of nitrogens with zero attached hydrogens (tertiary/aromatic N) is 1. The molecule has 2 N–H and O–H groups in total. The summed E-state index contributed by atoms with van der Waals surface area (Å²) in [5.41, 5.74) is 1.71. The van der Waals surface area contributed by atoms with E-state index >= 15 is 0 Å². The number of rotatable bonds is 16. The van der Waals surface area contributed by atoms with Crippen LogP contribution in [0, 0.1) is 0 Å². The molecule has 0 fully saturated rings. The largest absolute Gasteiger partial charge is 0.444 e. The van der Waals surface area contributed by atoms with Gasteiger partial charge in [0, 0.05) is 19.0 Å². The fourth-order valence-electron chi connectivity index (χ4n) is 4.82. The first-order valence-electron chi connectivity index (χ1n) is 15.3. The molecule has 7 nitrogen and oxygen atoms in total. The normalized spacial score (nSPS) is 12.7. The highest BCUT2D eigenvalue weighted by Crippen LogP contribution is 2.26. The van der Waals surface area contributed by atoms with Crippen LogP contribution in [0.1, 0.15) is 103 Å². The molecule has 0 aromatic heterocycles. The summed E-state index contributed by atoms with van der Waals surface area (Å²) in [4.78, 5) is 43.0. The van der Waals surface area contributed by atoms with Crippen LogP contribution in [-0.2, 0) is 20.7 Å².